The number of anilines is 3. The number of halogens is 1. The molecule has 0 aliphatic carbocycles. The summed E-state index contributed by atoms with van der Waals surface area (Å²) in [4.78, 5) is 18.9. The number of rotatable bonds is 6. The molecule has 0 amide bonds. The van der Waals surface area contributed by atoms with Crippen LogP contribution in [0.3, 0.4) is 0 Å². The summed E-state index contributed by atoms with van der Waals surface area (Å²) in [6, 6.07) is 13.0. The molecule has 0 saturated heterocycles. The number of non-ortho nitro benzene ring substituents is 1. The topological polar surface area (TPSA) is 116 Å². The van der Waals surface area contributed by atoms with Gasteiger partial charge in [-0.1, -0.05) is 17.7 Å². The van der Waals surface area contributed by atoms with Gasteiger partial charge in [0.1, 0.15) is 11.6 Å². The van der Waals surface area contributed by atoms with Gasteiger partial charge in [-0.05, 0) is 31.2 Å². The number of nitrogens with one attached hydrogen (secondary N) is 1. The fourth-order valence-corrected chi connectivity index (χ4v) is 2.67. The number of hydrogen-bond acceptors (Lipinski definition) is 7. The maximum Gasteiger partial charge on any atom is 0.271 e. The quantitative estimate of drug-likeness (QED) is 0.476. The second-order valence-corrected chi connectivity index (χ2v) is 5.94. The van der Waals surface area contributed by atoms with Gasteiger partial charge >= 0.3 is 0 Å². The number of hydrogen-bond donors (Lipinski definition) is 2. The first-order chi connectivity index (χ1) is 13.0. The van der Waals surface area contributed by atoms with Crippen molar-refractivity contribution in [3.63, 3.8) is 0 Å². The van der Waals surface area contributed by atoms with Gasteiger partial charge < -0.3 is 15.8 Å². The molecule has 2 aromatic carbocycles. The van der Waals surface area contributed by atoms with Crippen molar-refractivity contribution in [2.75, 3.05) is 17.7 Å². The molecule has 3 N–H and O–H groups in total. The van der Waals surface area contributed by atoms with Gasteiger partial charge in [0.05, 0.1) is 17.2 Å². The summed E-state index contributed by atoms with van der Waals surface area (Å²) < 4.78 is 5.63. The second-order valence-electron chi connectivity index (χ2n) is 5.50. The highest BCUT2D eigenvalue weighted by Crippen LogP contribution is 2.33. The third-order valence-electron chi connectivity index (χ3n) is 3.59. The molecule has 9 heteroatoms. The summed E-state index contributed by atoms with van der Waals surface area (Å²) in [6.07, 6.45) is 0. The standard InChI is InChI=1S/C18H16ClN5O3/c1-2-27-16-7-6-11(19)8-14(16)15-10-17(23-18(20)22-15)21-12-4-3-5-13(9-12)24(25)26/h3-10H,2H2,1H3,(H3,20,21,22,23). The zero-order valence-electron chi connectivity index (χ0n) is 14.3. The molecule has 3 aromatic rings. The van der Waals surface area contributed by atoms with E-state index in [4.69, 9.17) is 22.1 Å². The second kappa shape index (κ2) is 7.88. The fraction of sp³-hybridized carbons (Fsp3) is 0.111. The predicted molar refractivity (Wildman–Crippen MR) is 104 cm³/mol. The van der Waals surface area contributed by atoms with Crippen molar-refractivity contribution in [2.24, 2.45) is 0 Å². The van der Waals surface area contributed by atoms with E-state index in [0.717, 1.165) is 0 Å². The summed E-state index contributed by atoms with van der Waals surface area (Å²) in [5.41, 5.74) is 7.50. The van der Waals surface area contributed by atoms with Crippen molar-refractivity contribution in [3.05, 3.63) is 63.7 Å². The molecule has 0 unspecified atom stereocenters. The lowest BCUT2D eigenvalue weighted by Gasteiger charge is -2.12. The van der Waals surface area contributed by atoms with Gasteiger partial charge in [-0.15, -0.1) is 0 Å². The van der Waals surface area contributed by atoms with Gasteiger partial charge in [-0.25, -0.2) is 4.98 Å². The maximum absolute atomic E-state index is 10.9. The Hall–Kier alpha value is -3.39. The van der Waals surface area contributed by atoms with Crippen LogP contribution in [0.25, 0.3) is 11.3 Å². The van der Waals surface area contributed by atoms with Crippen molar-refractivity contribution < 1.29 is 9.66 Å². The highest BCUT2D eigenvalue weighted by Gasteiger charge is 2.13. The molecule has 1 aromatic heterocycles. The summed E-state index contributed by atoms with van der Waals surface area (Å²) in [5.74, 6) is 1.05. The lowest BCUT2D eigenvalue weighted by atomic mass is 10.1. The van der Waals surface area contributed by atoms with E-state index in [0.29, 0.717) is 40.1 Å². The van der Waals surface area contributed by atoms with Crippen LogP contribution >= 0.6 is 11.6 Å². The third kappa shape index (κ3) is 4.42. The number of aromatic nitrogens is 2. The third-order valence-corrected chi connectivity index (χ3v) is 3.83. The molecule has 0 bridgehead atoms. The van der Waals surface area contributed by atoms with Gasteiger partial charge in [-0.3, -0.25) is 10.1 Å². The molecule has 0 fully saturated rings. The Balaban J connectivity index is 1.99. The molecule has 0 saturated carbocycles. The average molecular weight is 386 g/mol. The van der Waals surface area contributed by atoms with Crippen molar-refractivity contribution in [2.45, 2.75) is 6.92 Å². The van der Waals surface area contributed by atoms with E-state index in [1.807, 2.05) is 6.92 Å². The molecule has 0 aliphatic rings. The van der Waals surface area contributed by atoms with Crippen LogP contribution in [-0.4, -0.2) is 21.5 Å². The number of nitro groups is 1. The maximum atomic E-state index is 10.9. The summed E-state index contributed by atoms with van der Waals surface area (Å²) in [5, 5.41) is 14.5. The Bertz CT molecular complexity index is 996. The SMILES string of the molecule is CCOc1ccc(Cl)cc1-c1cc(Nc2cccc([N+](=O)[O-])c2)nc(N)n1. The van der Waals surface area contributed by atoms with Crippen molar-refractivity contribution in [1.82, 2.24) is 9.97 Å². The van der Waals surface area contributed by atoms with Crippen LogP contribution in [0.1, 0.15) is 6.92 Å². The molecule has 8 nitrogen and oxygen atoms in total. The smallest absolute Gasteiger partial charge is 0.271 e. The van der Waals surface area contributed by atoms with E-state index < -0.39 is 4.92 Å². The molecule has 0 aliphatic heterocycles. The van der Waals surface area contributed by atoms with Crippen LogP contribution in [0.4, 0.5) is 23.1 Å². The zero-order valence-corrected chi connectivity index (χ0v) is 15.1. The molecule has 0 radical (unpaired) electrons. The van der Waals surface area contributed by atoms with E-state index in [1.165, 1.54) is 12.1 Å². The van der Waals surface area contributed by atoms with Gasteiger partial charge in [0.2, 0.25) is 5.95 Å². The van der Waals surface area contributed by atoms with E-state index in [2.05, 4.69) is 15.3 Å². The lowest BCUT2D eigenvalue weighted by molar-refractivity contribution is -0.384. The number of benzene rings is 2. The minimum atomic E-state index is -0.467. The molecular weight excluding hydrogens is 370 g/mol. The van der Waals surface area contributed by atoms with Gasteiger partial charge in [0.25, 0.3) is 5.69 Å². The first-order valence-electron chi connectivity index (χ1n) is 8.05. The minimum Gasteiger partial charge on any atom is -0.493 e. The Kier molecular flexibility index (Phi) is 5.37. The minimum absolute atomic E-state index is 0.0317. The average Bonchev–Trinajstić information content (AvgIpc) is 2.63. The Labute approximate surface area is 160 Å². The predicted octanol–water partition coefficient (Wildman–Crippen LogP) is 4.43. The number of nitro benzene ring substituents is 1. The van der Waals surface area contributed by atoms with Crippen LogP contribution in [0.5, 0.6) is 5.75 Å². The Morgan fingerprint density at radius 1 is 1.22 bits per heavy atom. The van der Waals surface area contributed by atoms with Crippen LogP contribution in [0.15, 0.2) is 48.5 Å². The van der Waals surface area contributed by atoms with E-state index in [1.54, 1.807) is 36.4 Å². The summed E-state index contributed by atoms with van der Waals surface area (Å²) in [7, 11) is 0. The molecule has 27 heavy (non-hydrogen) atoms. The van der Waals surface area contributed by atoms with Gasteiger partial charge in [0.15, 0.2) is 0 Å². The first-order valence-corrected chi connectivity index (χ1v) is 8.43. The van der Waals surface area contributed by atoms with Crippen molar-refractivity contribution >= 4 is 34.7 Å². The molecule has 1 heterocycles. The van der Waals surface area contributed by atoms with Crippen LogP contribution in [0, 0.1) is 10.1 Å². The fourth-order valence-electron chi connectivity index (χ4n) is 2.50. The molecule has 0 atom stereocenters. The van der Waals surface area contributed by atoms with E-state index in [-0.39, 0.29) is 11.6 Å². The summed E-state index contributed by atoms with van der Waals surface area (Å²) >= 11 is 6.11. The molecular formula is C18H16ClN5O3. The highest BCUT2D eigenvalue weighted by atomic mass is 35.5. The Morgan fingerprint density at radius 2 is 2.04 bits per heavy atom. The van der Waals surface area contributed by atoms with Crippen LogP contribution in [-0.2, 0) is 0 Å². The lowest BCUT2D eigenvalue weighted by Crippen LogP contribution is -2.03. The first kappa shape index (κ1) is 18.4. The van der Waals surface area contributed by atoms with Crippen LogP contribution < -0.4 is 15.8 Å². The van der Waals surface area contributed by atoms with Crippen molar-refractivity contribution in [1.29, 1.82) is 0 Å². The molecule has 138 valence electrons. The number of nitrogen functional groups attached to an aromatic ring is 1. The summed E-state index contributed by atoms with van der Waals surface area (Å²) in [6.45, 7) is 2.36. The van der Waals surface area contributed by atoms with E-state index >= 15 is 0 Å². The van der Waals surface area contributed by atoms with Gasteiger partial charge in [0, 0.05) is 34.5 Å². The highest BCUT2D eigenvalue weighted by molar-refractivity contribution is 6.31. The van der Waals surface area contributed by atoms with Crippen LogP contribution in [0.2, 0.25) is 5.02 Å². The zero-order chi connectivity index (χ0) is 19.4. The van der Waals surface area contributed by atoms with E-state index in [9.17, 15) is 10.1 Å². The normalized spacial score (nSPS) is 10.4. The Morgan fingerprint density at radius 3 is 2.78 bits per heavy atom. The molecule has 0 spiro atoms. The molecule has 3 rings (SSSR count). The number of ether oxygens (including phenoxy) is 1. The number of nitrogens with two attached hydrogens (primary N) is 1. The van der Waals surface area contributed by atoms with Crippen molar-refractivity contribution in [3.8, 4) is 17.0 Å². The van der Waals surface area contributed by atoms with Gasteiger partial charge in [-0.2, -0.15) is 4.98 Å². The number of nitrogens with zero attached hydrogens (tertiary/aromatic N) is 3. The monoisotopic (exact) mass is 385 g/mol. The largest absolute Gasteiger partial charge is 0.493 e.